The molecule has 0 bridgehead atoms. The van der Waals surface area contributed by atoms with Crippen LogP contribution in [0.3, 0.4) is 0 Å². The van der Waals surface area contributed by atoms with Gasteiger partial charge in [-0.15, -0.1) is 0 Å². The lowest BCUT2D eigenvalue weighted by molar-refractivity contribution is 0.175. The lowest BCUT2D eigenvalue weighted by Gasteiger charge is -2.33. The number of hydrogen-bond donors (Lipinski definition) is 1. The molecule has 1 saturated heterocycles. The molecular formula is C16H26N2. The normalized spacial score (nSPS) is 22.9. The molecule has 0 radical (unpaired) electrons. The highest BCUT2D eigenvalue weighted by Gasteiger charge is 2.20. The second-order valence-corrected chi connectivity index (χ2v) is 5.80. The molecule has 0 aromatic heterocycles. The highest BCUT2D eigenvalue weighted by Crippen LogP contribution is 2.23. The fourth-order valence-electron chi connectivity index (χ4n) is 3.11. The molecular weight excluding hydrogens is 220 g/mol. The zero-order chi connectivity index (χ0) is 13.0. The summed E-state index contributed by atoms with van der Waals surface area (Å²) in [5.74, 6) is 1.32. The van der Waals surface area contributed by atoms with Crippen LogP contribution in [0.15, 0.2) is 24.3 Å². The molecule has 0 aliphatic carbocycles. The Morgan fingerprint density at radius 3 is 2.83 bits per heavy atom. The van der Waals surface area contributed by atoms with Gasteiger partial charge >= 0.3 is 0 Å². The highest BCUT2D eigenvalue weighted by atomic mass is 15.1. The first-order valence-corrected chi connectivity index (χ1v) is 7.18. The molecule has 2 nitrogen and oxygen atoms in total. The minimum atomic E-state index is 0.483. The number of hydrogen-bond acceptors (Lipinski definition) is 2. The molecule has 0 amide bonds. The quantitative estimate of drug-likeness (QED) is 0.885. The molecule has 1 aliphatic heterocycles. The Kier molecular flexibility index (Phi) is 4.79. The van der Waals surface area contributed by atoms with Crippen molar-refractivity contribution in [3.8, 4) is 0 Å². The third-order valence-corrected chi connectivity index (χ3v) is 4.13. The molecule has 18 heavy (non-hydrogen) atoms. The number of rotatable bonds is 4. The van der Waals surface area contributed by atoms with Crippen molar-refractivity contribution in [2.24, 2.45) is 11.7 Å². The Bertz CT molecular complexity index is 375. The topological polar surface area (TPSA) is 29.3 Å². The standard InChI is InChI=1S/C16H26N2/c1-13-6-5-9-18(11-13)12-15(10-17)16-8-4-3-7-14(16)2/h3-4,7-8,13,15H,5-6,9-12,17H2,1-2H3. The summed E-state index contributed by atoms with van der Waals surface area (Å²) in [6.07, 6.45) is 2.72. The van der Waals surface area contributed by atoms with Crippen LogP contribution in [-0.4, -0.2) is 31.1 Å². The van der Waals surface area contributed by atoms with Crippen molar-refractivity contribution in [2.45, 2.75) is 32.6 Å². The molecule has 0 spiro atoms. The van der Waals surface area contributed by atoms with E-state index in [9.17, 15) is 0 Å². The maximum atomic E-state index is 6.00. The van der Waals surface area contributed by atoms with Gasteiger partial charge in [-0.2, -0.15) is 0 Å². The number of piperidine rings is 1. The minimum Gasteiger partial charge on any atom is -0.330 e. The molecule has 1 aromatic rings. The fraction of sp³-hybridized carbons (Fsp3) is 0.625. The predicted octanol–water partition coefficient (Wildman–Crippen LogP) is 2.77. The van der Waals surface area contributed by atoms with Crippen LogP contribution < -0.4 is 5.73 Å². The minimum absolute atomic E-state index is 0.483. The summed E-state index contributed by atoms with van der Waals surface area (Å²) in [6, 6.07) is 8.66. The maximum absolute atomic E-state index is 6.00. The Morgan fingerprint density at radius 2 is 2.17 bits per heavy atom. The van der Waals surface area contributed by atoms with Crippen LogP contribution in [0.25, 0.3) is 0 Å². The highest BCUT2D eigenvalue weighted by molar-refractivity contribution is 5.29. The van der Waals surface area contributed by atoms with Crippen LogP contribution in [0, 0.1) is 12.8 Å². The summed E-state index contributed by atoms with van der Waals surface area (Å²) >= 11 is 0. The fourth-order valence-corrected chi connectivity index (χ4v) is 3.11. The second-order valence-electron chi connectivity index (χ2n) is 5.80. The van der Waals surface area contributed by atoms with E-state index in [0.29, 0.717) is 5.92 Å². The van der Waals surface area contributed by atoms with Gasteiger partial charge in [-0.1, -0.05) is 31.2 Å². The van der Waals surface area contributed by atoms with Gasteiger partial charge in [0.2, 0.25) is 0 Å². The van der Waals surface area contributed by atoms with Gasteiger partial charge in [-0.05, 0) is 43.4 Å². The van der Waals surface area contributed by atoms with Crippen LogP contribution >= 0.6 is 0 Å². The molecule has 1 heterocycles. The smallest absolute Gasteiger partial charge is 0.00914 e. The SMILES string of the molecule is Cc1ccccc1C(CN)CN1CCCC(C)C1. The first-order chi connectivity index (χ1) is 8.70. The average Bonchev–Trinajstić information content (AvgIpc) is 2.37. The van der Waals surface area contributed by atoms with Crippen molar-refractivity contribution in [2.75, 3.05) is 26.2 Å². The molecule has 0 saturated carbocycles. The number of aryl methyl sites for hydroxylation is 1. The van der Waals surface area contributed by atoms with Gasteiger partial charge in [-0.25, -0.2) is 0 Å². The average molecular weight is 246 g/mol. The predicted molar refractivity (Wildman–Crippen MR) is 77.8 cm³/mol. The van der Waals surface area contributed by atoms with Gasteiger partial charge in [-0.3, -0.25) is 0 Å². The largest absolute Gasteiger partial charge is 0.330 e. The summed E-state index contributed by atoms with van der Waals surface area (Å²) in [6.45, 7) is 8.89. The van der Waals surface area contributed by atoms with E-state index in [1.807, 2.05) is 0 Å². The summed E-state index contributed by atoms with van der Waals surface area (Å²) in [5, 5.41) is 0. The number of benzene rings is 1. The van der Waals surface area contributed by atoms with Gasteiger partial charge in [0.1, 0.15) is 0 Å². The van der Waals surface area contributed by atoms with E-state index in [4.69, 9.17) is 5.73 Å². The molecule has 2 atom stereocenters. The second kappa shape index (κ2) is 6.35. The third kappa shape index (κ3) is 3.33. The van der Waals surface area contributed by atoms with Gasteiger partial charge in [0, 0.05) is 25.6 Å². The summed E-state index contributed by atoms with van der Waals surface area (Å²) < 4.78 is 0. The van der Waals surface area contributed by atoms with E-state index in [0.717, 1.165) is 19.0 Å². The maximum Gasteiger partial charge on any atom is 0.00914 e. The van der Waals surface area contributed by atoms with E-state index in [2.05, 4.69) is 43.0 Å². The van der Waals surface area contributed by atoms with Gasteiger partial charge in [0.15, 0.2) is 0 Å². The van der Waals surface area contributed by atoms with Crippen molar-refractivity contribution < 1.29 is 0 Å². The van der Waals surface area contributed by atoms with E-state index in [1.165, 1.54) is 37.1 Å². The summed E-state index contributed by atoms with van der Waals surface area (Å²) in [5.41, 5.74) is 8.80. The van der Waals surface area contributed by atoms with Gasteiger partial charge in [0.25, 0.3) is 0 Å². The van der Waals surface area contributed by atoms with Crippen LogP contribution in [-0.2, 0) is 0 Å². The van der Waals surface area contributed by atoms with Crippen molar-refractivity contribution in [3.63, 3.8) is 0 Å². The molecule has 1 aliphatic rings. The molecule has 100 valence electrons. The lowest BCUT2D eigenvalue weighted by Crippen LogP contribution is -2.38. The first kappa shape index (κ1) is 13.6. The molecule has 2 heteroatoms. The van der Waals surface area contributed by atoms with E-state index >= 15 is 0 Å². The Hall–Kier alpha value is -0.860. The van der Waals surface area contributed by atoms with Crippen LogP contribution in [0.4, 0.5) is 0 Å². The zero-order valence-electron chi connectivity index (χ0n) is 11.7. The van der Waals surface area contributed by atoms with Crippen LogP contribution in [0.1, 0.15) is 36.8 Å². The number of nitrogens with zero attached hydrogens (tertiary/aromatic N) is 1. The lowest BCUT2D eigenvalue weighted by atomic mass is 9.92. The van der Waals surface area contributed by atoms with E-state index in [1.54, 1.807) is 0 Å². The summed E-state index contributed by atoms with van der Waals surface area (Å²) in [7, 11) is 0. The van der Waals surface area contributed by atoms with Gasteiger partial charge in [0.05, 0.1) is 0 Å². The van der Waals surface area contributed by atoms with Gasteiger partial charge < -0.3 is 10.6 Å². The first-order valence-electron chi connectivity index (χ1n) is 7.18. The van der Waals surface area contributed by atoms with E-state index < -0.39 is 0 Å². The van der Waals surface area contributed by atoms with Crippen molar-refractivity contribution in [3.05, 3.63) is 35.4 Å². The Morgan fingerprint density at radius 1 is 1.39 bits per heavy atom. The van der Waals surface area contributed by atoms with Crippen molar-refractivity contribution >= 4 is 0 Å². The molecule has 2 rings (SSSR count). The molecule has 2 N–H and O–H groups in total. The Labute approximate surface area is 111 Å². The number of nitrogens with two attached hydrogens (primary N) is 1. The number of likely N-dealkylation sites (tertiary alicyclic amines) is 1. The van der Waals surface area contributed by atoms with Crippen LogP contribution in [0.5, 0.6) is 0 Å². The molecule has 1 fully saturated rings. The molecule has 1 aromatic carbocycles. The van der Waals surface area contributed by atoms with Crippen LogP contribution in [0.2, 0.25) is 0 Å². The van der Waals surface area contributed by atoms with Crippen molar-refractivity contribution in [1.29, 1.82) is 0 Å². The van der Waals surface area contributed by atoms with Crippen molar-refractivity contribution in [1.82, 2.24) is 4.90 Å². The van der Waals surface area contributed by atoms with E-state index in [-0.39, 0.29) is 0 Å². The Balaban J connectivity index is 2.03. The third-order valence-electron chi connectivity index (χ3n) is 4.13. The monoisotopic (exact) mass is 246 g/mol. The molecule has 2 unspecified atom stereocenters. The zero-order valence-corrected chi connectivity index (χ0v) is 11.7. The summed E-state index contributed by atoms with van der Waals surface area (Å²) in [4.78, 5) is 2.60.